The largest absolute Gasteiger partial charge is 0.466 e. The van der Waals surface area contributed by atoms with Crippen molar-refractivity contribution < 1.29 is 13.9 Å². The molecule has 0 fully saturated rings. The van der Waals surface area contributed by atoms with Crippen molar-refractivity contribution in [3.8, 4) is 17.4 Å². The number of nitriles is 1. The summed E-state index contributed by atoms with van der Waals surface area (Å²) in [6.07, 6.45) is -0.153. The van der Waals surface area contributed by atoms with Gasteiger partial charge in [-0.2, -0.15) is 5.26 Å². The summed E-state index contributed by atoms with van der Waals surface area (Å²) in [4.78, 5) is 24.0. The van der Waals surface area contributed by atoms with Crippen molar-refractivity contribution in [3.63, 3.8) is 0 Å². The maximum Gasteiger partial charge on any atom is 0.354 e. The van der Waals surface area contributed by atoms with Crippen LogP contribution in [0.1, 0.15) is 18.1 Å². The summed E-state index contributed by atoms with van der Waals surface area (Å²) in [6, 6.07) is 16.7. The van der Waals surface area contributed by atoms with E-state index in [-0.39, 0.29) is 18.6 Å². The fourth-order valence-electron chi connectivity index (χ4n) is 2.74. The third-order valence-corrected chi connectivity index (χ3v) is 3.84. The fourth-order valence-corrected chi connectivity index (χ4v) is 2.74. The van der Waals surface area contributed by atoms with Gasteiger partial charge in [-0.05, 0) is 29.3 Å². The number of hydrogen-bond acceptors (Lipinski definition) is 5. The minimum atomic E-state index is -0.757. The van der Waals surface area contributed by atoms with Gasteiger partial charge in [0.15, 0.2) is 0 Å². The number of carbonyl (C=O) groups excluding carboxylic acids is 1. The number of hydrogen-bond donors (Lipinski definition) is 0. The van der Waals surface area contributed by atoms with Crippen LogP contribution in [0.2, 0.25) is 0 Å². The first-order valence-corrected chi connectivity index (χ1v) is 7.85. The molecule has 0 N–H and O–H groups in total. The van der Waals surface area contributed by atoms with Crippen molar-refractivity contribution in [1.29, 1.82) is 5.26 Å². The molecule has 0 spiro atoms. The summed E-state index contributed by atoms with van der Waals surface area (Å²) in [5, 5.41) is 11.1. The van der Waals surface area contributed by atoms with Crippen LogP contribution in [0.3, 0.4) is 0 Å². The van der Waals surface area contributed by atoms with E-state index in [1.165, 1.54) is 0 Å². The average molecular weight is 333 g/mol. The third-order valence-electron chi connectivity index (χ3n) is 3.84. The SMILES string of the molecule is CCOC(=O)Cc1cc(-c2cccc3ccccc23)oc(=O)c1C#N. The van der Waals surface area contributed by atoms with E-state index < -0.39 is 11.6 Å². The van der Waals surface area contributed by atoms with Gasteiger partial charge in [-0.3, -0.25) is 4.79 Å². The van der Waals surface area contributed by atoms with E-state index in [1.807, 2.05) is 48.5 Å². The van der Waals surface area contributed by atoms with Crippen LogP contribution in [-0.4, -0.2) is 12.6 Å². The molecule has 3 aromatic rings. The second kappa shape index (κ2) is 7.02. The molecule has 1 aromatic heterocycles. The summed E-state index contributed by atoms with van der Waals surface area (Å²) < 4.78 is 10.3. The van der Waals surface area contributed by atoms with Gasteiger partial charge in [0.05, 0.1) is 13.0 Å². The lowest BCUT2D eigenvalue weighted by Gasteiger charge is -2.08. The summed E-state index contributed by atoms with van der Waals surface area (Å²) >= 11 is 0. The topological polar surface area (TPSA) is 80.3 Å². The van der Waals surface area contributed by atoms with E-state index in [4.69, 9.17) is 9.15 Å². The summed E-state index contributed by atoms with van der Waals surface area (Å²) in [5.74, 6) is -0.173. The van der Waals surface area contributed by atoms with E-state index in [2.05, 4.69) is 0 Å². The zero-order valence-corrected chi connectivity index (χ0v) is 13.6. The van der Waals surface area contributed by atoms with Crippen molar-refractivity contribution in [2.24, 2.45) is 0 Å². The van der Waals surface area contributed by atoms with Gasteiger partial charge in [-0.1, -0.05) is 42.5 Å². The van der Waals surface area contributed by atoms with Crippen LogP contribution in [0.5, 0.6) is 0 Å². The maximum absolute atomic E-state index is 12.2. The van der Waals surface area contributed by atoms with Gasteiger partial charge in [0.2, 0.25) is 0 Å². The summed E-state index contributed by atoms with van der Waals surface area (Å²) in [5.41, 5.74) is 0.106. The monoisotopic (exact) mass is 333 g/mol. The molecular formula is C20H15NO4. The lowest BCUT2D eigenvalue weighted by Crippen LogP contribution is -2.14. The first-order valence-electron chi connectivity index (χ1n) is 7.85. The Morgan fingerprint density at radius 2 is 1.96 bits per heavy atom. The quantitative estimate of drug-likeness (QED) is 0.683. The Hall–Kier alpha value is -3.39. The molecule has 1 heterocycles. The Labute approximate surface area is 144 Å². The van der Waals surface area contributed by atoms with Crippen LogP contribution in [0, 0.1) is 11.3 Å². The Morgan fingerprint density at radius 3 is 2.72 bits per heavy atom. The summed E-state index contributed by atoms with van der Waals surface area (Å²) in [6.45, 7) is 1.93. The number of benzene rings is 2. The normalized spacial score (nSPS) is 10.4. The Kier molecular flexibility index (Phi) is 4.62. The van der Waals surface area contributed by atoms with Crippen molar-refractivity contribution in [2.75, 3.05) is 6.61 Å². The molecule has 3 rings (SSSR count). The van der Waals surface area contributed by atoms with Gasteiger partial charge in [0.25, 0.3) is 0 Å². The van der Waals surface area contributed by atoms with E-state index in [9.17, 15) is 14.9 Å². The van der Waals surface area contributed by atoms with Crippen LogP contribution in [0.25, 0.3) is 22.1 Å². The van der Waals surface area contributed by atoms with Gasteiger partial charge in [0, 0.05) is 5.56 Å². The predicted molar refractivity (Wildman–Crippen MR) is 93.0 cm³/mol. The molecule has 5 nitrogen and oxygen atoms in total. The number of fused-ring (bicyclic) bond motifs is 1. The number of esters is 1. The molecule has 0 radical (unpaired) electrons. The van der Waals surface area contributed by atoms with Gasteiger partial charge in [0.1, 0.15) is 17.4 Å². The van der Waals surface area contributed by atoms with Crippen LogP contribution in [0.4, 0.5) is 0 Å². The first-order chi connectivity index (χ1) is 12.1. The first kappa shape index (κ1) is 16.5. The lowest BCUT2D eigenvalue weighted by molar-refractivity contribution is -0.142. The number of carbonyl (C=O) groups is 1. The zero-order chi connectivity index (χ0) is 17.8. The highest BCUT2D eigenvalue weighted by atomic mass is 16.5. The number of ether oxygens (including phenoxy) is 1. The maximum atomic E-state index is 12.2. The lowest BCUT2D eigenvalue weighted by atomic mass is 10.00. The molecule has 2 aromatic carbocycles. The average Bonchev–Trinajstić information content (AvgIpc) is 2.61. The molecule has 0 saturated heterocycles. The standard InChI is InChI=1S/C20H15NO4/c1-2-24-19(22)11-14-10-18(25-20(23)17(14)12-21)16-9-5-7-13-6-3-4-8-15(13)16/h3-10H,2,11H2,1H3. The predicted octanol–water partition coefficient (Wildman–Crippen LogP) is 3.44. The van der Waals surface area contributed by atoms with E-state index in [0.29, 0.717) is 11.3 Å². The van der Waals surface area contributed by atoms with Crippen LogP contribution in [0.15, 0.2) is 57.7 Å². The fraction of sp³-hybridized carbons (Fsp3) is 0.150. The third kappa shape index (κ3) is 3.29. The van der Waals surface area contributed by atoms with Crippen molar-refractivity contribution in [2.45, 2.75) is 13.3 Å². The van der Waals surface area contributed by atoms with Crippen molar-refractivity contribution >= 4 is 16.7 Å². The Morgan fingerprint density at radius 1 is 1.20 bits per heavy atom. The second-order valence-corrected chi connectivity index (χ2v) is 5.42. The zero-order valence-electron chi connectivity index (χ0n) is 13.6. The molecular weight excluding hydrogens is 318 g/mol. The van der Waals surface area contributed by atoms with Crippen molar-refractivity contribution in [3.05, 3.63) is 70.1 Å². The van der Waals surface area contributed by atoms with Gasteiger partial charge in [-0.15, -0.1) is 0 Å². The molecule has 0 bridgehead atoms. The van der Waals surface area contributed by atoms with E-state index in [0.717, 1.165) is 16.3 Å². The van der Waals surface area contributed by atoms with Crippen LogP contribution in [-0.2, 0) is 16.0 Å². The number of nitrogens with zero attached hydrogens (tertiary/aromatic N) is 1. The van der Waals surface area contributed by atoms with Gasteiger partial charge in [-0.25, -0.2) is 4.79 Å². The van der Waals surface area contributed by atoms with Gasteiger partial charge >= 0.3 is 11.6 Å². The molecule has 25 heavy (non-hydrogen) atoms. The Bertz CT molecular complexity index is 1040. The minimum Gasteiger partial charge on any atom is -0.466 e. The highest BCUT2D eigenvalue weighted by Crippen LogP contribution is 2.29. The van der Waals surface area contributed by atoms with Crippen LogP contribution < -0.4 is 5.63 Å². The summed E-state index contributed by atoms with van der Waals surface area (Å²) in [7, 11) is 0. The second-order valence-electron chi connectivity index (χ2n) is 5.42. The minimum absolute atomic E-state index is 0.153. The Balaban J connectivity index is 2.17. The molecule has 0 amide bonds. The van der Waals surface area contributed by atoms with Crippen LogP contribution >= 0.6 is 0 Å². The highest BCUT2D eigenvalue weighted by Gasteiger charge is 2.17. The van der Waals surface area contributed by atoms with E-state index in [1.54, 1.807) is 13.0 Å². The molecule has 0 aliphatic carbocycles. The molecule has 0 aliphatic heterocycles. The highest BCUT2D eigenvalue weighted by molar-refractivity contribution is 5.95. The van der Waals surface area contributed by atoms with Crippen molar-refractivity contribution in [1.82, 2.24) is 0 Å². The molecule has 0 aliphatic rings. The number of rotatable bonds is 4. The molecule has 0 saturated carbocycles. The molecule has 0 atom stereocenters. The molecule has 124 valence electrons. The molecule has 5 heteroatoms. The van der Waals surface area contributed by atoms with E-state index >= 15 is 0 Å². The molecule has 0 unspecified atom stereocenters. The smallest absolute Gasteiger partial charge is 0.354 e. The van der Waals surface area contributed by atoms with Gasteiger partial charge < -0.3 is 9.15 Å².